The molecule has 0 aromatic carbocycles. The van der Waals surface area contributed by atoms with Gasteiger partial charge < -0.3 is 0 Å². The van der Waals surface area contributed by atoms with E-state index in [0.29, 0.717) is 15.9 Å². The van der Waals surface area contributed by atoms with Crippen LogP contribution in [0.25, 0.3) is 11.3 Å². The van der Waals surface area contributed by atoms with Gasteiger partial charge in [-0.05, 0) is 30.5 Å². The molecule has 0 aliphatic heterocycles. The summed E-state index contributed by atoms with van der Waals surface area (Å²) in [4.78, 5) is 4.21. The van der Waals surface area contributed by atoms with Crippen molar-refractivity contribution in [3.63, 3.8) is 0 Å². The predicted molar refractivity (Wildman–Crippen MR) is 79.9 cm³/mol. The third kappa shape index (κ3) is 2.23. The minimum Gasteiger partial charge on any atom is -0.281 e. The van der Waals surface area contributed by atoms with Crippen LogP contribution in [0.2, 0.25) is 0 Å². The molecule has 0 spiro atoms. The standard InChI is InChI=1S/C16H15F2N5/c17-15(18)23-10-11(8-20-23)13-7-14(22-21-13)16(4-2-5-16)12-3-1-6-19-9-12/h1,3,6-10,15H,2,4-5H2,(H,21,22). The zero-order chi connectivity index (χ0) is 15.9. The quantitative estimate of drug-likeness (QED) is 0.801. The number of H-pyrrole nitrogens is 1. The molecule has 3 aromatic heterocycles. The molecule has 0 unspecified atom stereocenters. The van der Waals surface area contributed by atoms with Crippen LogP contribution in [-0.4, -0.2) is 25.0 Å². The molecule has 0 radical (unpaired) electrons. The van der Waals surface area contributed by atoms with Gasteiger partial charge in [0.25, 0.3) is 0 Å². The summed E-state index contributed by atoms with van der Waals surface area (Å²) in [7, 11) is 0. The Morgan fingerprint density at radius 2 is 2.13 bits per heavy atom. The van der Waals surface area contributed by atoms with Gasteiger partial charge in [-0.1, -0.05) is 12.5 Å². The zero-order valence-electron chi connectivity index (χ0n) is 12.3. The fourth-order valence-corrected chi connectivity index (χ4v) is 3.18. The Balaban J connectivity index is 1.69. The van der Waals surface area contributed by atoms with E-state index >= 15 is 0 Å². The summed E-state index contributed by atoms with van der Waals surface area (Å²) in [6, 6.07) is 5.93. The van der Waals surface area contributed by atoms with Gasteiger partial charge in [-0.15, -0.1) is 0 Å². The molecular weight excluding hydrogens is 300 g/mol. The van der Waals surface area contributed by atoms with Gasteiger partial charge in [-0.25, -0.2) is 4.68 Å². The minimum atomic E-state index is -2.64. The molecule has 1 fully saturated rings. The van der Waals surface area contributed by atoms with Gasteiger partial charge in [0.1, 0.15) is 0 Å². The first-order chi connectivity index (χ1) is 11.2. The molecule has 23 heavy (non-hydrogen) atoms. The number of rotatable bonds is 4. The van der Waals surface area contributed by atoms with Gasteiger partial charge in [0, 0.05) is 35.3 Å². The monoisotopic (exact) mass is 315 g/mol. The molecule has 3 aromatic rings. The van der Waals surface area contributed by atoms with Crippen LogP contribution in [0.15, 0.2) is 43.0 Å². The minimum absolute atomic E-state index is 0.0990. The maximum absolute atomic E-state index is 12.6. The lowest BCUT2D eigenvalue weighted by atomic mass is 9.63. The average molecular weight is 315 g/mol. The van der Waals surface area contributed by atoms with Crippen molar-refractivity contribution in [1.82, 2.24) is 25.0 Å². The van der Waals surface area contributed by atoms with Crippen LogP contribution < -0.4 is 0 Å². The van der Waals surface area contributed by atoms with E-state index in [1.54, 1.807) is 6.20 Å². The number of pyridine rings is 1. The molecule has 5 nitrogen and oxygen atoms in total. The number of hydrogen-bond acceptors (Lipinski definition) is 3. The third-order valence-electron chi connectivity index (χ3n) is 4.61. The second-order valence-electron chi connectivity index (χ2n) is 5.83. The molecule has 3 heterocycles. The van der Waals surface area contributed by atoms with E-state index in [-0.39, 0.29) is 5.41 Å². The maximum atomic E-state index is 12.6. The molecule has 1 N–H and O–H groups in total. The lowest BCUT2D eigenvalue weighted by molar-refractivity contribution is 0.0566. The zero-order valence-corrected chi connectivity index (χ0v) is 12.3. The SMILES string of the molecule is FC(F)n1cc(-c2cc(C3(c4cccnc4)CCC3)[nH]n2)cn1. The molecule has 1 aliphatic carbocycles. The fourth-order valence-electron chi connectivity index (χ4n) is 3.18. The number of halogens is 2. The number of aromatic nitrogens is 5. The smallest absolute Gasteiger partial charge is 0.281 e. The predicted octanol–water partition coefficient (Wildman–Crippen LogP) is 3.53. The summed E-state index contributed by atoms with van der Waals surface area (Å²) in [5.41, 5.74) is 3.26. The second-order valence-corrected chi connectivity index (χ2v) is 5.83. The van der Waals surface area contributed by atoms with Crippen molar-refractivity contribution >= 4 is 0 Å². The van der Waals surface area contributed by atoms with Crippen LogP contribution >= 0.6 is 0 Å². The first-order valence-electron chi connectivity index (χ1n) is 7.48. The van der Waals surface area contributed by atoms with Crippen LogP contribution in [0.1, 0.15) is 37.1 Å². The van der Waals surface area contributed by atoms with Gasteiger partial charge in [-0.2, -0.15) is 19.0 Å². The van der Waals surface area contributed by atoms with Crippen LogP contribution in [0.4, 0.5) is 8.78 Å². The average Bonchev–Trinajstić information content (AvgIpc) is 3.16. The Hall–Kier alpha value is -2.57. The van der Waals surface area contributed by atoms with Crippen molar-refractivity contribution < 1.29 is 8.78 Å². The van der Waals surface area contributed by atoms with Gasteiger partial charge in [0.2, 0.25) is 0 Å². The van der Waals surface area contributed by atoms with E-state index in [1.165, 1.54) is 12.4 Å². The van der Waals surface area contributed by atoms with Crippen molar-refractivity contribution in [1.29, 1.82) is 0 Å². The van der Waals surface area contributed by atoms with E-state index in [9.17, 15) is 8.78 Å². The highest BCUT2D eigenvalue weighted by molar-refractivity contribution is 5.58. The molecule has 1 aliphatic rings. The van der Waals surface area contributed by atoms with Gasteiger partial charge in [0.15, 0.2) is 0 Å². The molecule has 7 heteroatoms. The van der Waals surface area contributed by atoms with Gasteiger partial charge >= 0.3 is 6.55 Å². The van der Waals surface area contributed by atoms with Gasteiger partial charge in [0.05, 0.1) is 11.9 Å². The Kier molecular flexibility index (Phi) is 3.21. The highest BCUT2D eigenvalue weighted by Crippen LogP contribution is 2.48. The van der Waals surface area contributed by atoms with E-state index in [0.717, 1.165) is 30.5 Å². The highest BCUT2D eigenvalue weighted by atomic mass is 19.3. The summed E-state index contributed by atoms with van der Waals surface area (Å²) >= 11 is 0. The molecule has 0 atom stereocenters. The summed E-state index contributed by atoms with van der Waals surface area (Å²) < 4.78 is 25.9. The number of nitrogens with one attached hydrogen (secondary N) is 1. The van der Waals surface area contributed by atoms with Gasteiger partial charge in [-0.3, -0.25) is 10.1 Å². The Labute approximate surface area is 131 Å². The normalized spacial score (nSPS) is 16.5. The summed E-state index contributed by atoms with van der Waals surface area (Å²) in [6.07, 6.45) is 9.55. The first kappa shape index (κ1) is 14.0. The van der Waals surface area contributed by atoms with E-state index < -0.39 is 6.55 Å². The number of alkyl halides is 2. The topological polar surface area (TPSA) is 59.4 Å². The fraction of sp³-hybridized carbons (Fsp3) is 0.312. The Morgan fingerprint density at radius 3 is 2.74 bits per heavy atom. The van der Waals surface area contributed by atoms with Crippen molar-refractivity contribution in [2.45, 2.75) is 31.2 Å². The summed E-state index contributed by atoms with van der Waals surface area (Å²) in [5, 5.41) is 11.0. The van der Waals surface area contributed by atoms with E-state index in [2.05, 4.69) is 26.3 Å². The number of aromatic amines is 1. The summed E-state index contributed by atoms with van der Waals surface area (Å²) in [6.45, 7) is -2.64. The van der Waals surface area contributed by atoms with E-state index in [1.807, 2.05) is 18.3 Å². The number of nitrogens with zero attached hydrogens (tertiary/aromatic N) is 4. The molecule has 1 saturated carbocycles. The lowest BCUT2D eigenvalue weighted by Crippen LogP contribution is -2.35. The highest BCUT2D eigenvalue weighted by Gasteiger charge is 2.42. The van der Waals surface area contributed by atoms with Crippen LogP contribution in [-0.2, 0) is 5.41 Å². The van der Waals surface area contributed by atoms with Crippen molar-refractivity contribution in [2.24, 2.45) is 0 Å². The van der Waals surface area contributed by atoms with Crippen molar-refractivity contribution in [3.8, 4) is 11.3 Å². The number of hydrogen-bond donors (Lipinski definition) is 1. The molecule has 0 amide bonds. The molecule has 118 valence electrons. The first-order valence-corrected chi connectivity index (χ1v) is 7.48. The Bertz CT molecular complexity index is 805. The molecular formula is C16H15F2N5. The van der Waals surface area contributed by atoms with E-state index in [4.69, 9.17) is 0 Å². The van der Waals surface area contributed by atoms with Crippen molar-refractivity contribution in [2.75, 3.05) is 0 Å². The Morgan fingerprint density at radius 1 is 1.26 bits per heavy atom. The van der Waals surface area contributed by atoms with Crippen LogP contribution in [0.3, 0.4) is 0 Å². The third-order valence-corrected chi connectivity index (χ3v) is 4.61. The summed E-state index contributed by atoms with van der Waals surface area (Å²) in [5.74, 6) is 0. The largest absolute Gasteiger partial charge is 0.333 e. The van der Waals surface area contributed by atoms with Crippen LogP contribution in [0.5, 0.6) is 0 Å². The lowest BCUT2D eigenvalue weighted by Gasteiger charge is -2.41. The van der Waals surface area contributed by atoms with Crippen molar-refractivity contribution in [3.05, 3.63) is 54.2 Å². The maximum Gasteiger partial charge on any atom is 0.333 e. The second kappa shape index (κ2) is 5.26. The molecule has 0 saturated heterocycles. The molecule has 4 rings (SSSR count). The van der Waals surface area contributed by atoms with Crippen LogP contribution in [0, 0.1) is 0 Å². The molecule has 0 bridgehead atoms.